The number of unbranched alkanes of at least 4 members (excludes halogenated alkanes) is 1. The molecule has 0 unspecified atom stereocenters. The van der Waals surface area contributed by atoms with E-state index in [4.69, 9.17) is 0 Å². The highest BCUT2D eigenvalue weighted by atomic mass is 16.1. The highest BCUT2D eigenvalue weighted by molar-refractivity contribution is 5.93. The van der Waals surface area contributed by atoms with Crippen LogP contribution in [0.4, 0.5) is 5.82 Å². The van der Waals surface area contributed by atoms with Crippen LogP contribution in [0.1, 0.15) is 36.5 Å². The maximum Gasteiger partial charge on any atom is 0.252 e. The first-order chi connectivity index (χ1) is 9.63. The second-order valence-corrected chi connectivity index (χ2v) is 5.13. The van der Waals surface area contributed by atoms with Crippen LogP contribution in [-0.2, 0) is 0 Å². The summed E-state index contributed by atoms with van der Waals surface area (Å²) in [5, 5.41) is 6.13. The Balaban J connectivity index is 2.34. The van der Waals surface area contributed by atoms with Gasteiger partial charge in [0.25, 0.3) is 5.91 Å². The summed E-state index contributed by atoms with van der Waals surface area (Å²) in [4.78, 5) is 18.2. The first kappa shape index (κ1) is 16.4. The van der Waals surface area contributed by atoms with E-state index in [0.717, 1.165) is 44.7 Å². The molecule has 0 aromatic carbocycles. The average molecular weight is 278 g/mol. The zero-order chi connectivity index (χ0) is 14.8. The third-order valence-electron chi connectivity index (χ3n) is 2.93. The SMILES string of the molecule is CCCCNC(=O)c1ccc(NCCCN(C)C)nc1. The molecule has 112 valence electrons. The molecule has 20 heavy (non-hydrogen) atoms. The van der Waals surface area contributed by atoms with Crippen molar-refractivity contribution in [2.75, 3.05) is 39.0 Å². The molecule has 5 heteroatoms. The van der Waals surface area contributed by atoms with Crippen molar-refractivity contribution >= 4 is 11.7 Å². The Morgan fingerprint density at radius 2 is 2.05 bits per heavy atom. The minimum Gasteiger partial charge on any atom is -0.370 e. The van der Waals surface area contributed by atoms with Crippen LogP contribution in [0.5, 0.6) is 0 Å². The molecule has 1 heterocycles. The molecule has 0 aliphatic heterocycles. The van der Waals surface area contributed by atoms with Crippen molar-refractivity contribution in [3.63, 3.8) is 0 Å². The van der Waals surface area contributed by atoms with Gasteiger partial charge in [0.1, 0.15) is 5.82 Å². The number of pyridine rings is 1. The molecule has 0 saturated heterocycles. The zero-order valence-corrected chi connectivity index (χ0v) is 12.8. The minimum absolute atomic E-state index is 0.0508. The number of aromatic nitrogens is 1. The highest BCUT2D eigenvalue weighted by Gasteiger charge is 2.04. The van der Waals surface area contributed by atoms with Crippen molar-refractivity contribution in [3.05, 3.63) is 23.9 Å². The summed E-state index contributed by atoms with van der Waals surface area (Å²) in [5.41, 5.74) is 0.611. The van der Waals surface area contributed by atoms with E-state index < -0.39 is 0 Å². The Kier molecular flexibility index (Phi) is 7.65. The molecule has 1 aromatic rings. The fourth-order valence-electron chi connectivity index (χ4n) is 1.73. The molecule has 0 spiro atoms. The van der Waals surface area contributed by atoms with E-state index in [-0.39, 0.29) is 5.91 Å². The van der Waals surface area contributed by atoms with Gasteiger partial charge < -0.3 is 15.5 Å². The van der Waals surface area contributed by atoms with Gasteiger partial charge in [-0.2, -0.15) is 0 Å². The Morgan fingerprint density at radius 3 is 2.65 bits per heavy atom. The van der Waals surface area contributed by atoms with Crippen LogP contribution < -0.4 is 10.6 Å². The van der Waals surface area contributed by atoms with E-state index in [2.05, 4.69) is 41.5 Å². The monoisotopic (exact) mass is 278 g/mol. The van der Waals surface area contributed by atoms with Gasteiger partial charge in [-0.05, 0) is 45.6 Å². The van der Waals surface area contributed by atoms with Gasteiger partial charge in [0.2, 0.25) is 0 Å². The van der Waals surface area contributed by atoms with Crippen LogP contribution in [0, 0.1) is 0 Å². The highest BCUT2D eigenvalue weighted by Crippen LogP contribution is 2.05. The fourth-order valence-corrected chi connectivity index (χ4v) is 1.73. The molecule has 0 aliphatic rings. The lowest BCUT2D eigenvalue weighted by Gasteiger charge is -2.10. The summed E-state index contributed by atoms with van der Waals surface area (Å²) in [6.45, 7) is 4.75. The number of nitrogens with one attached hydrogen (secondary N) is 2. The van der Waals surface area contributed by atoms with Crippen molar-refractivity contribution in [3.8, 4) is 0 Å². The standard InChI is InChI=1S/C15H26N4O/c1-4-5-9-17-15(20)13-7-8-14(18-12-13)16-10-6-11-19(2)3/h7-8,12H,4-6,9-11H2,1-3H3,(H,16,18)(H,17,20). The molecule has 0 radical (unpaired) electrons. The van der Waals surface area contributed by atoms with E-state index in [9.17, 15) is 4.79 Å². The van der Waals surface area contributed by atoms with E-state index in [1.165, 1.54) is 0 Å². The smallest absolute Gasteiger partial charge is 0.252 e. The molecular weight excluding hydrogens is 252 g/mol. The number of rotatable bonds is 9. The molecule has 0 bridgehead atoms. The molecule has 1 amide bonds. The van der Waals surface area contributed by atoms with Crippen LogP contribution in [0.3, 0.4) is 0 Å². The van der Waals surface area contributed by atoms with E-state index in [0.29, 0.717) is 5.56 Å². The lowest BCUT2D eigenvalue weighted by Crippen LogP contribution is -2.24. The van der Waals surface area contributed by atoms with Gasteiger partial charge in [0.15, 0.2) is 0 Å². The van der Waals surface area contributed by atoms with Gasteiger partial charge in [-0.1, -0.05) is 13.3 Å². The predicted octanol–water partition coefficient (Wildman–Crippen LogP) is 1.98. The molecule has 1 rings (SSSR count). The van der Waals surface area contributed by atoms with Crippen LogP contribution in [0.2, 0.25) is 0 Å². The van der Waals surface area contributed by atoms with Crippen molar-refractivity contribution in [1.29, 1.82) is 0 Å². The Bertz CT molecular complexity index is 389. The van der Waals surface area contributed by atoms with Crippen molar-refractivity contribution in [2.24, 2.45) is 0 Å². The predicted molar refractivity (Wildman–Crippen MR) is 83.1 cm³/mol. The molecule has 2 N–H and O–H groups in total. The number of hydrogen-bond acceptors (Lipinski definition) is 4. The summed E-state index contributed by atoms with van der Waals surface area (Å²) in [5.74, 6) is 0.763. The molecule has 0 fully saturated rings. The number of amides is 1. The second-order valence-electron chi connectivity index (χ2n) is 5.13. The number of carbonyl (C=O) groups is 1. The fraction of sp³-hybridized carbons (Fsp3) is 0.600. The van der Waals surface area contributed by atoms with Gasteiger partial charge in [0.05, 0.1) is 5.56 Å². The van der Waals surface area contributed by atoms with Crippen LogP contribution in [0.25, 0.3) is 0 Å². The molecule has 5 nitrogen and oxygen atoms in total. The van der Waals surface area contributed by atoms with Gasteiger partial charge in [0, 0.05) is 19.3 Å². The van der Waals surface area contributed by atoms with Crippen LogP contribution >= 0.6 is 0 Å². The largest absolute Gasteiger partial charge is 0.370 e. The van der Waals surface area contributed by atoms with Crippen molar-refractivity contribution in [2.45, 2.75) is 26.2 Å². The number of nitrogens with zero attached hydrogens (tertiary/aromatic N) is 2. The van der Waals surface area contributed by atoms with Crippen molar-refractivity contribution < 1.29 is 4.79 Å². The normalized spacial score (nSPS) is 10.6. The van der Waals surface area contributed by atoms with E-state index in [1.807, 2.05) is 12.1 Å². The summed E-state index contributed by atoms with van der Waals surface area (Å²) in [6, 6.07) is 3.66. The summed E-state index contributed by atoms with van der Waals surface area (Å²) in [7, 11) is 4.12. The van der Waals surface area contributed by atoms with E-state index in [1.54, 1.807) is 6.20 Å². The topological polar surface area (TPSA) is 57.3 Å². The van der Waals surface area contributed by atoms with Gasteiger partial charge in [-0.15, -0.1) is 0 Å². The van der Waals surface area contributed by atoms with Gasteiger partial charge in [-0.3, -0.25) is 4.79 Å². The van der Waals surface area contributed by atoms with Gasteiger partial charge >= 0.3 is 0 Å². The quantitative estimate of drug-likeness (QED) is 0.678. The van der Waals surface area contributed by atoms with E-state index >= 15 is 0 Å². The van der Waals surface area contributed by atoms with Crippen LogP contribution in [0.15, 0.2) is 18.3 Å². The minimum atomic E-state index is -0.0508. The summed E-state index contributed by atoms with van der Waals surface area (Å²) >= 11 is 0. The first-order valence-electron chi connectivity index (χ1n) is 7.26. The Hall–Kier alpha value is -1.62. The summed E-state index contributed by atoms with van der Waals surface area (Å²) < 4.78 is 0. The number of anilines is 1. The maximum absolute atomic E-state index is 11.8. The lowest BCUT2D eigenvalue weighted by atomic mass is 10.2. The molecular formula is C15H26N4O. The third-order valence-corrected chi connectivity index (χ3v) is 2.93. The number of hydrogen-bond donors (Lipinski definition) is 2. The Labute approximate surface area is 121 Å². The second kappa shape index (κ2) is 9.31. The first-order valence-corrected chi connectivity index (χ1v) is 7.26. The molecule has 0 aliphatic carbocycles. The maximum atomic E-state index is 11.8. The van der Waals surface area contributed by atoms with Crippen LogP contribution in [-0.4, -0.2) is 49.5 Å². The molecule has 0 saturated carbocycles. The van der Waals surface area contributed by atoms with Gasteiger partial charge in [-0.25, -0.2) is 4.98 Å². The number of carbonyl (C=O) groups excluding carboxylic acids is 1. The lowest BCUT2D eigenvalue weighted by molar-refractivity contribution is 0.0953. The third kappa shape index (κ3) is 6.52. The zero-order valence-electron chi connectivity index (χ0n) is 12.8. The van der Waals surface area contributed by atoms with Crippen molar-refractivity contribution in [1.82, 2.24) is 15.2 Å². The summed E-state index contributed by atoms with van der Waals surface area (Å²) in [6.07, 6.45) is 4.77. The average Bonchev–Trinajstić information content (AvgIpc) is 2.44. The Morgan fingerprint density at radius 1 is 1.25 bits per heavy atom. The molecule has 1 aromatic heterocycles. The molecule has 0 atom stereocenters.